The molecule has 1 N–H and O–H groups in total. The van der Waals surface area contributed by atoms with Gasteiger partial charge in [-0.2, -0.15) is 0 Å². The molecule has 6 nitrogen and oxygen atoms in total. The second-order valence-corrected chi connectivity index (χ2v) is 5.76. The first-order valence-corrected chi connectivity index (χ1v) is 7.49. The average Bonchev–Trinajstić information content (AvgIpc) is 3.09. The minimum atomic E-state index is -0.0509. The molecule has 0 radical (unpaired) electrons. The third-order valence-electron chi connectivity index (χ3n) is 3.84. The number of aryl methyl sites for hydroxylation is 1. The molecule has 116 valence electrons. The van der Waals surface area contributed by atoms with Crippen LogP contribution in [0.4, 0.5) is 5.69 Å². The third-order valence-corrected chi connectivity index (χ3v) is 3.84. The molecule has 0 unspecified atom stereocenters. The summed E-state index contributed by atoms with van der Waals surface area (Å²) >= 11 is 0. The zero-order chi connectivity index (χ0) is 15.5. The smallest absolute Gasteiger partial charge is 0.221 e. The molecule has 1 aromatic heterocycles. The molecule has 1 atom stereocenters. The van der Waals surface area contributed by atoms with Gasteiger partial charge in [0, 0.05) is 32.6 Å². The highest BCUT2D eigenvalue weighted by molar-refractivity contribution is 5.88. The van der Waals surface area contributed by atoms with E-state index in [-0.39, 0.29) is 5.91 Å². The van der Waals surface area contributed by atoms with Crippen LogP contribution in [-0.2, 0) is 11.3 Å². The quantitative estimate of drug-likeness (QED) is 0.938. The molecule has 2 aromatic rings. The number of amides is 1. The Morgan fingerprint density at radius 1 is 1.36 bits per heavy atom. The molecule has 0 spiro atoms. The number of likely N-dealkylation sites (tertiary alicyclic amines) is 1. The highest BCUT2D eigenvalue weighted by Crippen LogP contribution is 2.27. The van der Waals surface area contributed by atoms with E-state index in [1.807, 2.05) is 19.1 Å². The first-order valence-electron chi connectivity index (χ1n) is 7.49. The molecule has 1 saturated heterocycles. The maximum atomic E-state index is 11.0. The Morgan fingerprint density at radius 2 is 2.14 bits per heavy atom. The third kappa shape index (κ3) is 3.51. The lowest BCUT2D eigenvalue weighted by molar-refractivity contribution is -0.114. The topological polar surface area (TPSA) is 71.3 Å². The predicted molar refractivity (Wildman–Crippen MR) is 82.4 cm³/mol. The fraction of sp³-hybridized carbons (Fsp3) is 0.438. The van der Waals surface area contributed by atoms with E-state index in [0.717, 1.165) is 37.6 Å². The number of aromatic nitrogens is 2. The van der Waals surface area contributed by atoms with E-state index in [1.165, 1.54) is 12.5 Å². The second-order valence-electron chi connectivity index (χ2n) is 5.76. The number of carbonyl (C=O) groups is 1. The van der Waals surface area contributed by atoms with E-state index in [4.69, 9.17) is 4.42 Å². The Balaban J connectivity index is 1.57. The van der Waals surface area contributed by atoms with Gasteiger partial charge < -0.3 is 9.73 Å². The lowest BCUT2D eigenvalue weighted by Crippen LogP contribution is -2.19. The fourth-order valence-corrected chi connectivity index (χ4v) is 2.81. The zero-order valence-corrected chi connectivity index (χ0v) is 12.9. The first-order chi connectivity index (χ1) is 10.6. The Labute approximate surface area is 129 Å². The number of nitrogens with zero attached hydrogens (tertiary/aromatic N) is 3. The molecule has 0 saturated carbocycles. The van der Waals surface area contributed by atoms with Crippen LogP contribution in [0.3, 0.4) is 0 Å². The summed E-state index contributed by atoms with van der Waals surface area (Å²) in [4.78, 5) is 13.4. The van der Waals surface area contributed by atoms with Crippen LogP contribution in [0.25, 0.3) is 0 Å². The summed E-state index contributed by atoms with van der Waals surface area (Å²) in [6, 6.07) is 7.97. The second kappa shape index (κ2) is 6.27. The SMILES string of the molecule is CC(=O)Nc1ccc(CN2CC[C@H](c3nnc(C)o3)C2)cc1. The van der Waals surface area contributed by atoms with Gasteiger partial charge in [-0.1, -0.05) is 12.1 Å². The highest BCUT2D eigenvalue weighted by atomic mass is 16.4. The van der Waals surface area contributed by atoms with Gasteiger partial charge in [-0.05, 0) is 30.7 Å². The summed E-state index contributed by atoms with van der Waals surface area (Å²) < 4.78 is 5.53. The van der Waals surface area contributed by atoms with Gasteiger partial charge in [0.2, 0.25) is 17.7 Å². The molecule has 2 heterocycles. The number of hydrogen-bond acceptors (Lipinski definition) is 5. The van der Waals surface area contributed by atoms with Gasteiger partial charge in [0.05, 0.1) is 5.92 Å². The number of benzene rings is 1. The molecule has 1 amide bonds. The van der Waals surface area contributed by atoms with Crippen molar-refractivity contribution < 1.29 is 9.21 Å². The van der Waals surface area contributed by atoms with Gasteiger partial charge in [0.1, 0.15) is 0 Å². The van der Waals surface area contributed by atoms with Crippen molar-refractivity contribution in [2.75, 3.05) is 18.4 Å². The number of carbonyl (C=O) groups excluding carboxylic acids is 1. The summed E-state index contributed by atoms with van der Waals surface area (Å²) in [6.45, 7) is 6.19. The van der Waals surface area contributed by atoms with E-state index in [2.05, 4.69) is 32.5 Å². The molecule has 1 fully saturated rings. The first kappa shape index (κ1) is 14.7. The number of nitrogens with one attached hydrogen (secondary N) is 1. The van der Waals surface area contributed by atoms with Crippen LogP contribution in [-0.4, -0.2) is 34.1 Å². The predicted octanol–water partition coefficient (Wildman–Crippen LogP) is 2.33. The molecule has 1 aliphatic heterocycles. The van der Waals surface area contributed by atoms with Crippen molar-refractivity contribution >= 4 is 11.6 Å². The normalized spacial score (nSPS) is 18.5. The molecule has 3 rings (SSSR count). The largest absolute Gasteiger partial charge is 0.425 e. The standard InChI is InChI=1S/C16H20N4O2/c1-11(21)17-15-5-3-13(4-6-15)9-20-8-7-14(10-20)16-19-18-12(2)22-16/h3-6,14H,7-10H2,1-2H3,(H,17,21)/t14-/m0/s1. The Kier molecular flexibility index (Phi) is 4.20. The summed E-state index contributed by atoms with van der Waals surface area (Å²) in [5.74, 6) is 1.66. The summed E-state index contributed by atoms with van der Waals surface area (Å²) in [6.07, 6.45) is 1.05. The van der Waals surface area contributed by atoms with Gasteiger partial charge in [-0.25, -0.2) is 0 Å². The van der Waals surface area contributed by atoms with Crippen LogP contribution in [0.2, 0.25) is 0 Å². The van der Waals surface area contributed by atoms with Crippen molar-refractivity contribution in [1.82, 2.24) is 15.1 Å². The Hall–Kier alpha value is -2.21. The van der Waals surface area contributed by atoms with Crippen LogP contribution in [0, 0.1) is 6.92 Å². The van der Waals surface area contributed by atoms with E-state index in [1.54, 1.807) is 0 Å². The van der Waals surface area contributed by atoms with Crippen LogP contribution in [0.1, 0.15) is 36.6 Å². The molecule has 6 heteroatoms. The van der Waals surface area contributed by atoms with Crippen LogP contribution in [0.15, 0.2) is 28.7 Å². The van der Waals surface area contributed by atoms with Crippen LogP contribution >= 0.6 is 0 Å². The van der Waals surface area contributed by atoms with Crippen molar-refractivity contribution in [2.24, 2.45) is 0 Å². The van der Waals surface area contributed by atoms with Crippen molar-refractivity contribution in [3.8, 4) is 0 Å². The van der Waals surface area contributed by atoms with E-state index in [9.17, 15) is 4.79 Å². The zero-order valence-electron chi connectivity index (χ0n) is 12.9. The van der Waals surface area contributed by atoms with Gasteiger partial charge >= 0.3 is 0 Å². The van der Waals surface area contributed by atoms with Crippen LogP contribution in [0.5, 0.6) is 0 Å². The number of hydrogen-bond donors (Lipinski definition) is 1. The van der Waals surface area contributed by atoms with E-state index < -0.39 is 0 Å². The monoisotopic (exact) mass is 300 g/mol. The van der Waals surface area contributed by atoms with Crippen molar-refractivity contribution in [3.63, 3.8) is 0 Å². The van der Waals surface area contributed by atoms with E-state index >= 15 is 0 Å². The summed E-state index contributed by atoms with van der Waals surface area (Å²) in [5, 5.41) is 10.8. The maximum absolute atomic E-state index is 11.0. The number of anilines is 1. The van der Waals surface area contributed by atoms with Crippen molar-refractivity contribution in [1.29, 1.82) is 0 Å². The minimum Gasteiger partial charge on any atom is -0.425 e. The molecular formula is C16H20N4O2. The van der Waals surface area contributed by atoms with Gasteiger partial charge in [-0.15, -0.1) is 10.2 Å². The Morgan fingerprint density at radius 3 is 2.77 bits per heavy atom. The fourth-order valence-electron chi connectivity index (χ4n) is 2.81. The van der Waals surface area contributed by atoms with Crippen LogP contribution < -0.4 is 5.32 Å². The van der Waals surface area contributed by atoms with Gasteiger partial charge in [0.15, 0.2) is 0 Å². The Bertz CT molecular complexity index is 650. The number of rotatable bonds is 4. The van der Waals surface area contributed by atoms with Gasteiger partial charge in [-0.3, -0.25) is 9.69 Å². The molecule has 22 heavy (non-hydrogen) atoms. The molecular weight excluding hydrogens is 280 g/mol. The summed E-state index contributed by atoms with van der Waals surface area (Å²) in [5.41, 5.74) is 2.06. The maximum Gasteiger partial charge on any atom is 0.221 e. The van der Waals surface area contributed by atoms with Gasteiger partial charge in [0.25, 0.3) is 0 Å². The summed E-state index contributed by atoms with van der Waals surface area (Å²) in [7, 11) is 0. The van der Waals surface area contributed by atoms with Crippen molar-refractivity contribution in [2.45, 2.75) is 32.7 Å². The van der Waals surface area contributed by atoms with E-state index in [0.29, 0.717) is 11.8 Å². The average molecular weight is 300 g/mol. The lowest BCUT2D eigenvalue weighted by atomic mass is 10.1. The molecule has 1 aliphatic rings. The van der Waals surface area contributed by atoms with Crippen molar-refractivity contribution in [3.05, 3.63) is 41.6 Å². The molecule has 0 aliphatic carbocycles. The lowest BCUT2D eigenvalue weighted by Gasteiger charge is -2.15. The molecule has 0 bridgehead atoms. The minimum absolute atomic E-state index is 0.0509. The highest BCUT2D eigenvalue weighted by Gasteiger charge is 2.27. The molecule has 1 aromatic carbocycles.